The molecule has 1 amide bonds. The Morgan fingerprint density at radius 2 is 1.77 bits per heavy atom. The highest BCUT2D eigenvalue weighted by Gasteiger charge is 2.20. The zero-order chi connectivity index (χ0) is 22.6. The topological polar surface area (TPSA) is 66.5 Å². The lowest BCUT2D eigenvalue weighted by atomic mass is 9.89. The number of fused-ring (bicyclic) bond motifs is 1. The molecule has 6 heteroatoms. The van der Waals surface area contributed by atoms with Gasteiger partial charge in [0.15, 0.2) is 0 Å². The van der Waals surface area contributed by atoms with Crippen LogP contribution in [-0.2, 0) is 27.7 Å². The highest BCUT2D eigenvalue weighted by molar-refractivity contribution is 7.92. The van der Waals surface area contributed by atoms with Gasteiger partial charge in [0.1, 0.15) is 0 Å². The molecule has 0 saturated heterocycles. The van der Waals surface area contributed by atoms with Crippen molar-refractivity contribution in [2.75, 3.05) is 17.1 Å². The maximum Gasteiger partial charge on any atom is 0.232 e. The third kappa shape index (κ3) is 6.10. The van der Waals surface area contributed by atoms with Crippen LogP contribution in [0.4, 0.5) is 5.69 Å². The van der Waals surface area contributed by atoms with Crippen molar-refractivity contribution in [3.63, 3.8) is 0 Å². The Morgan fingerprint density at radius 1 is 1.06 bits per heavy atom. The lowest BCUT2D eigenvalue weighted by Crippen LogP contribution is -2.33. The van der Waals surface area contributed by atoms with Gasteiger partial charge in [-0.2, -0.15) is 0 Å². The Kier molecular flexibility index (Phi) is 7.42. The van der Waals surface area contributed by atoms with Crippen LogP contribution < -0.4 is 9.62 Å². The molecule has 2 aromatic rings. The highest BCUT2D eigenvalue weighted by Crippen LogP contribution is 2.26. The van der Waals surface area contributed by atoms with Gasteiger partial charge >= 0.3 is 0 Å². The van der Waals surface area contributed by atoms with E-state index in [1.165, 1.54) is 34.5 Å². The van der Waals surface area contributed by atoms with Gasteiger partial charge in [-0.15, -0.1) is 0 Å². The molecule has 0 fully saturated rings. The van der Waals surface area contributed by atoms with Crippen molar-refractivity contribution in [2.45, 2.75) is 65.3 Å². The summed E-state index contributed by atoms with van der Waals surface area (Å²) in [4.78, 5) is 12.5. The minimum atomic E-state index is -3.43. The van der Waals surface area contributed by atoms with Crippen molar-refractivity contribution in [1.29, 1.82) is 0 Å². The van der Waals surface area contributed by atoms with Crippen molar-refractivity contribution < 1.29 is 13.2 Å². The maximum absolute atomic E-state index is 12.5. The molecule has 0 unspecified atom stereocenters. The van der Waals surface area contributed by atoms with Gasteiger partial charge in [0.05, 0.1) is 18.0 Å². The fraction of sp³-hybridized carbons (Fsp3) is 0.480. The minimum absolute atomic E-state index is 0.0559. The van der Waals surface area contributed by atoms with Gasteiger partial charge in [-0.3, -0.25) is 9.10 Å². The second kappa shape index (κ2) is 9.86. The van der Waals surface area contributed by atoms with E-state index in [1.54, 1.807) is 0 Å². The summed E-state index contributed by atoms with van der Waals surface area (Å²) in [6.45, 7) is 6.13. The van der Waals surface area contributed by atoms with E-state index < -0.39 is 10.0 Å². The van der Waals surface area contributed by atoms with Crippen molar-refractivity contribution in [2.24, 2.45) is 0 Å². The first-order valence-corrected chi connectivity index (χ1v) is 13.0. The number of anilines is 1. The van der Waals surface area contributed by atoms with Crippen molar-refractivity contribution in [1.82, 2.24) is 5.32 Å². The molecular formula is C25H34N2O3S. The number of sulfonamides is 1. The van der Waals surface area contributed by atoms with Crippen LogP contribution in [0.2, 0.25) is 0 Å². The van der Waals surface area contributed by atoms with Crippen LogP contribution in [0, 0.1) is 13.8 Å². The quantitative estimate of drug-likeness (QED) is 0.649. The van der Waals surface area contributed by atoms with Crippen molar-refractivity contribution >= 4 is 21.6 Å². The monoisotopic (exact) mass is 442 g/mol. The molecule has 1 aliphatic rings. The third-order valence-electron chi connectivity index (χ3n) is 6.05. The van der Waals surface area contributed by atoms with E-state index in [1.807, 2.05) is 39.0 Å². The standard InChI is InChI=1S/C25H34N2O3S/c1-18-11-12-19(2)24(16-18)27(31(4,29)30)15-7-10-25(28)26-20(3)22-14-13-21-8-5-6-9-23(21)17-22/h11-14,16-17,20H,5-10,15H2,1-4H3,(H,26,28)/t20-/m0/s1. The molecule has 3 rings (SSSR count). The van der Waals surface area contributed by atoms with Gasteiger partial charge in [-0.05, 0) is 86.8 Å². The number of nitrogens with one attached hydrogen (secondary N) is 1. The summed E-state index contributed by atoms with van der Waals surface area (Å²) < 4.78 is 26.2. The van der Waals surface area contributed by atoms with E-state index in [4.69, 9.17) is 0 Å². The number of hydrogen-bond acceptors (Lipinski definition) is 3. The predicted molar refractivity (Wildman–Crippen MR) is 127 cm³/mol. The average Bonchev–Trinajstić information content (AvgIpc) is 2.72. The summed E-state index contributed by atoms with van der Waals surface area (Å²) in [5.74, 6) is -0.0559. The molecule has 0 aromatic heterocycles. The number of carbonyl (C=O) groups is 1. The summed E-state index contributed by atoms with van der Waals surface area (Å²) in [6, 6.07) is 12.2. The molecule has 0 bridgehead atoms. The van der Waals surface area contributed by atoms with Gasteiger partial charge in [0, 0.05) is 13.0 Å². The molecule has 0 spiro atoms. The minimum Gasteiger partial charge on any atom is -0.350 e. The van der Waals surface area contributed by atoms with E-state index in [-0.39, 0.29) is 24.9 Å². The summed E-state index contributed by atoms with van der Waals surface area (Å²) in [7, 11) is -3.43. The Hall–Kier alpha value is -2.34. The largest absolute Gasteiger partial charge is 0.350 e. The van der Waals surface area contributed by atoms with E-state index >= 15 is 0 Å². The first kappa shape index (κ1) is 23.3. The number of amides is 1. The fourth-order valence-electron chi connectivity index (χ4n) is 4.26. The fourth-order valence-corrected chi connectivity index (χ4v) is 5.27. The number of benzene rings is 2. The first-order chi connectivity index (χ1) is 14.6. The van der Waals surface area contributed by atoms with E-state index in [2.05, 4.69) is 23.5 Å². The van der Waals surface area contributed by atoms with Gasteiger partial charge < -0.3 is 5.32 Å². The second-order valence-electron chi connectivity index (χ2n) is 8.75. The number of carbonyl (C=O) groups excluding carboxylic acids is 1. The predicted octanol–water partition coefficient (Wildman–Crippen LogP) is 4.61. The third-order valence-corrected chi connectivity index (χ3v) is 7.23. The number of rotatable bonds is 8. The zero-order valence-corrected chi connectivity index (χ0v) is 19.9. The molecule has 0 aliphatic heterocycles. The van der Waals surface area contributed by atoms with Gasteiger partial charge in [0.2, 0.25) is 15.9 Å². The molecule has 1 N–H and O–H groups in total. The highest BCUT2D eigenvalue weighted by atomic mass is 32.2. The maximum atomic E-state index is 12.5. The summed E-state index contributed by atoms with van der Waals surface area (Å²) in [5.41, 5.74) is 6.56. The van der Waals surface area contributed by atoms with Crippen molar-refractivity contribution in [3.8, 4) is 0 Å². The summed E-state index contributed by atoms with van der Waals surface area (Å²) >= 11 is 0. The summed E-state index contributed by atoms with van der Waals surface area (Å²) in [6.07, 6.45) is 6.71. The molecule has 31 heavy (non-hydrogen) atoms. The molecule has 1 aliphatic carbocycles. The van der Waals surface area contributed by atoms with Crippen LogP contribution in [-0.4, -0.2) is 27.1 Å². The van der Waals surface area contributed by atoms with Gasteiger partial charge in [0.25, 0.3) is 0 Å². The van der Waals surface area contributed by atoms with Gasteiger partial charge in [-0.1, -0.05) is 30.3 Å². The van der Waals surface area contributed by atoms with E-state index in [0.717, 1.165) is 29.5 Å². The molecule has 0 radical (unpaired) electrons. The lowest BCUT2D eigenvalue weighted by Gasteiger charge is -2.25. The Morgan fingerprint density at radius 3 is 2.48 bits per heavy atom. The van der Waals surface area contributed by atoms with Crippen LogP contribution in [0.1, 0.15) is 66.5 Å². The van der Waals surface area contributed by atoms with Crippen LogP contribution in [0.15, 0.2) is 36.4 Å². The lowest BCUT2D eigenvalue weighted by molar-refractivity contribution is -0.121. The number of hydrogen-bond donors (Lipinski definition) is 1. The van der Waals surface area contributed by atoms with E-state index in [9.17, 15) is 13.2 Å². The van der Waals surface area contributed by atoms with Crippen LogP contribution in [0.3, 0.4) is 0 Å². The molecule has 0 saturated carbocycles. The molecule has 168 valence electrons. The second-order valence-corrected chi connectivity index (χ2v) is 10.7. The number of nitrogens with zero attached hydrogens (tertiary/aromatic N) is 1. The van der Waals surface area contributed by atoms with Crippen molar-refractivity contribution in [3.05, 3.63) is 64.2 Å². The molecule has 0 heterocycles. The zero-order valence-electron chi connectivity index (χ0n) is 19.1. The normalized spacial score (nSPS) is 14.6. The molecular weight excluding hydrogens is 408 g/mol. The van der Waals surface area contributed by atoms with Crippen LogP contribution >= 0.6 is 0 Å². The smallest absolute Gasteiger partial charge is 0.232 e. The Balaban J connectivity index is 1.58. The average molecular weight is 443 g/mol. The van der Waals surface area contributed by atoms with Crippen LogP contribution in [0.5, 0.6) is 0 Å². The molecule has 2 aromatic carbocycles. The Bertz CT molecular complexity index is 1050. The van der Waals surface area contributed by atoms with Crippen LogP contribution in [0.25, 0.3) is 0 Å². The number of aryl methyl sites for hydroxylation is 4. The summed E-state index contributed by atoms with van der Waals surface area (Å²) in [5, 5.41) is 3.07. The first-order valence-electron chi connectivity index (χ1n) is 11.1. The Labute approximate surface area is 186 Å². The molecule has 1 atom stereocenters. The van der Waals surface area contributed by atoms with E-state index in [0.29, 0.717) is 12.1 Å². The van der Waals surface area contributed by atoms with Gasteiger partial charge in [-0.25, -0.2) is 8.42 Å². The SMILES string of the molecule is Cc1ccc(C)c(N(CCCC(=O)N[C@@H](C)c2ccc3c(c2)CCCC3)S(C)(=O)=O)c1. The molecule has 5 nitrogen and oxygen atoms in total.